The molecule has 0 unspecified atom stereocenters. The maximum atomic E-state index is 12.5. The molecule has 5 heteroatoms. The van der Waals surface area contributed by atoms with Gasteiger partial charge in [-0.15, -0.1) is 0 Å². The first-order valence-corrected chi connectivity index (χ1v) is 8.27. The first kappa shape index (κ1) is 15.4. The Morgan fingerprint density at radius 1 is 1.23 bits per heavy atom. The van der Waals surface area contributed by atoms with Crippen LogP contribution in [0.5, 0.6) is 5.75 Å². The van der Waals surface area contributed by atoms with Crippen molar-refractivity contribution in [2.24, 2.45) is 0 Å². The molecule has 1 aliphatic rings. The summed E-state index contributed by atoms with van der Waals surface area (Å²) >= 11 is 9.56. The largest absolute Gasteiger partial charge is 0.474 e. The summed E-state index contributed by atoms with van der Waals surface area (Å²) in [6.07, 6.45) is 1.36. The molecule has 2 aromatic rings. The number of halogens is 2. The fourth-order valence-corrected chi connectivity index (χ4v) is 2.82. The van der Waals surface area contributed by atoms with E-state index in [1.54, 1.807) is 12.1 Å². The summed E-state index contributed by atoms with van der Waals surface area (Å²) in [5, 5.41) is 3.45. The Hall–Kier alpha value is -1.52. The Kier molecular flexibility index (Phi) is 4.69. The maximum Gasteiger partial charge on any atom is 0.266 e. The van der Waals surface area contributed by atoms with Crippen LogP contribution in [0.4, 0.5) is 0 Å². The fraction of sp³-hybridized carbons (Fsp3) is 0.235. The van der Waals surface area contributed by atoms with Crippen molar-refractivity contribution >= 4 is 33.4 Å². The lowest BCUT2D eigenvalue weighted by Gasteiger charge is -2.20. The molecule has 1 N–H and O–H groups in total. The van der Waals surface area contributed by atoms with Crippen molar-refractivity contribution in [3.05, 3.63) is 63.6 Å². The fourth-order valence-electron chi connectivity index (χ4n) is 2.10. The zero-order valence-electron chi connectivity index (χ0n) is 11.8. The van der Waals surface area contributed by atoms with Crippen molar-refractivity contribution in [1.82, 2.24) is 5.32 Å². The quantitative estimate of drug-likeness (QED) is 0.829. The van der Waals surface area contributed by atoms with Gasteiger partial charge in [0.15, 0.2) is 0 Å². The van der Waals surface area contributed by atoms with E-state index in [0.717, 1.165) is 22.9 Å². The number of nitrogens with one attached hydrogen (secondary N) is 1. The second-order valence-corrected chi connectivity index (χ2v) is 6.59. The summed E-state index contributed by atoms with van der Waals surface area (Å²) in [6.45, 7) is 0. The lowest BCUT2D eigenvalue weighted by Crippen LogP contribution is -2.33. The predicted octanol–water partition coefficient (Wildman–Crippen LogP) is 4.50. The van der Waals surface area contributed by atoms with Crippen molar-refractivity contribution in [2.75, 3.05) is 0 Å². The molecule has 3 rings (SSSR count). The van der Waals surface area contributed by atoms with Crippen LogP contribution in [0, 0.1) is 0 Å². The molecule has 1 saturated carbocycles. The summed E-state index contributed by atoms with van der Waals surface area (Å²) in [6, 6.07) is 15.1. The molecule has 1 amide bonds. The van der Waals surface area contributed by atoms with E-state index >= 15 is 0 Å². The van der Waals surface area contributed by atoms with Gasteiger partial charge in [-0.3, -0.25) is 4.79 Å². The molecule has 1 fully saturated rings. The van der Waals surface area contributed by atoms with E-state index < -0.39 is 6.10 Å². The maximum absolute atomic E-state index is 12.5. The van der Waals surface area contributed by atoms with Crippen LogP contribution in [0.3, 0.4) is 0 Å². The van der Waals surface area contributed by atoms with Gasteiger partial charge < -0.3 is 10.1 Å². The molecule has 2 aromatic carbocycles. The van der Waals surface area contributed by atoms with Gasteiger partial charge in [-0.25, -0.2) is 0 Å². The number of hydrogen-bond acceptors (Lipinski definition) is 2. The third-order valence-corrected chi connectivity index (χ3v) is 4.19. The molecule has 1 aliphatic carbocycles. The highest BCUT2D eigenvalue weighted by Crippen LogP contribution is 2.32. The normalized spacial score (nSPS) is 15.2. The molecule has 0 spiro atoms. The van der Waals surface area contributed by atoms with Crippen LogP contribution in [0.1, 0.15) is 24.5 Å². The zero-order chi connectivity index (χ0) is 15.5. The van der Waals surface area contributed by atoms with Gasteiger partial charge in [0.2, 0.25) is 6.10 Å². The predicted molar refractivity (Wildman–Crippen MR) is 90.1 cm³/mol. The molecule has 114 valence electrons. The van der Waals surface area contributed by atoms with E-state index in [2.05, 4.69) is 21.2 Å². The van der Waals surface area contributed by atoms with E-state index in [0.29, 0.717) is 10.8 Å². The summed E-state index contributed by atoms with van der Waals surface area (Å²) in [7, 11) is 0. The number of amides is 1. The summed E-state index contributed by atoms with van der Waals surface area (Å²) < 4.78 is 6.78. The molecule has 0 aliphatic heterocycles. The second kappa shape index (κ2) is 6.71. The van der Waals surface area contributed by atoms with Gasteiger partial charge >= 0.3 is 0 Å². The molecule has 0 aromatic heterocycles. The number of rotatable bonds is 5. The number of carbonyl (C=O) groups excluding carboxylic acids is 1. The average Bonchev–Trinajstić information content (AvgIpc) is 3.31. The summed E-state index contributed by atoms with van der Waals surface area (Å²) in [5.41, 5.74) is 0.805. The minimum atomic E-state index is -0.708. The molecule has 1 atom stereocenters. The average molecular weight is 381 g/mol. The molecular formula is C17H15BrClNO2. The smallest absolute Gasteiger partial charge is 0.266 e. The molecule has 22 heavy (non-hydrogen) atoms. The summed E-state index contributed by atoms with van der Waals surface area (Å²) in [4.78, 5) is 12.5. The van der Waals surface area contributed by atoms with Crippen LogP contribution in [0.15, 0.2) is 53.0 Å². The van der Waals surface area contributed by atoms with E-state index in [-0.39, 0.29) is 11.9 Å². The Morgan fingerprint density at radius 3 is 2.59 bits per heavy atom. The Balaban J connectivity index is 1.85. The minimum Gasteiger partial charge on any atom is -0.474 e. The molecule has 0 radical (unpaired) electrons. The topological polar surface area (TPSA) is 38.3 Å². The van der Waals surface area contributed by atoms with E-state index in [4.69, 9.17) is 16.3 Å². The Labute approximate surface area is 142 Å². The van der Waals surface area contributed by atoms with Gasteiger partial charge in [-0.1, -0.05) is 57.9 Å². The van der Waals surface area contributed by atoms with Crippen molar-refractivity contribution in [1.29, 1.82) is 0 Å². The monoisotopic (exact) mass is 379 g/mol. The van der Waals surface area contributed by atoms with Crippen LogP contribution in [-0.2, 0) is 4.79 Å². The van der Waals surface area contributed by atoms with Gasteiger partial charge in [0.05, 0.1) is 5.02 Å². The van der Waals surface area contributed by atoms with Gasteiger partial charge in [-0.05, 0) is 31.0 Å². The molecule has 0 heterocycles. The Bertz CT molecular complexity index is 674. The SMILES string of the molecule is O=C(NC1CC1)[C@H](Oc1ccc(Br)cc1Cl)c1ccccc1. The van der Waals surface area contributed by atoms with Crippen LogP contribution in [-0.4, -0.2) is 11.9 Å². The molecular weight excluding hydrogens is 366 g/mol. The third-order valence-electron chi connectivity index (χ3n) is 3.40. The number of benzene rings is 2. The van der Waals surface area contributed by atoms with Crippen LogP contribution in [0.2, 0.25) is 5.02 Å². The zero-order valence-corrected chi connectivity index (χ0v) is 14.1. The number of hydrogen-bond donors (Lipinski definition) is 1. The lowest BCUT2D eigenvalue weighted by molar-refractivity contribution is -0.128. The van der Waals surface area contributed by atoms with Gasteiger partial charge in [-0.2, -0.15) is 0 Å². The van der Waals surface area contributed by atoms with Crippen LogP contribution < -0.4 is 10.1 Å². The number of carbonyl (C=O) groups is 1. The molecule has 3 nitrogen and oxygen atoms in total. The number of ether oxygens (including phenoxy) is 1. The van der Waals surface area contributed by atoms with Crippen molar-refractivity contribution in [3.8, 4) is 5.75 Å². The van der Waals surface area contributed by atoms with E-state index in [1.165, 1.54) is 0 Å². The van der Waals surface area contributed by atoms with Crippen molar-refractivity contribution < 1.29 is 9.53 Å². The standard InChI is InChI=1S/C17H15BrClNO2/c18-12-6-9-15(14(19)10-12)22-16(11-4-2-1-3-5-11)17(21)20-13-7-8-13/h1-6,9-10,13,16H,7-8H2,(H,20,21)/t16-/m1/s1. The molecule has 0 saturated heterocycles. The third kappa shape index (κ3) is 3.81. The highest BCUT2D eigenvalue weighted by molar-refractivity contribution is 9.10. The van der Waals surface area contributed by atoms with Gasteiger partial charge in [0.1, 0.15) is 5.75 Å². The summed E-state index contributed by atoms with van der Waals surface area (Å²) in [5.74, 6) is 0.359. The van der Waals surface area contributed by atoms with E-state index in [1.807, 2.05) is 36.4 Å². The van der Waals surface area contributed by atoms with Gasteiger partial charge in [0, 0.05) is 16.1 Å². The van der Waals surface area contributed by atoms with Crippen molar-refractivity contribution in [3.63, 3.8) is 0 Å². The first-order valence-electron chi connectivity index (χ1n) is 7.10. The Morgan fingerprint density at radius 2 is 1.95 bits per heavy atom. The minimum absolute atomic E-state index is 0.132. The highest BCUT2D eigenvalue weighted by Gasteiger charge is 2.30. The van der Waals surface area contributed by atoms with Gasteiger partial charge in [0.25, 0.3) is 5.91 Å². The lowest BCUT2D eigenvalue weighted by atomic mass is 10.1. The van der Waals surface area contributed by atoms with Crippen molar-refractivity contribution in [2.45, 2.75) is 25.0 Å². The first-order chi connectivity index (χ1) is 10.6. The van der Waals surface area contributed by atoms with E-state index in [9.17, 15) is 4.79 Å². The van der Waals surface area contributed by atoms with Crippen LogP contribution in [0.25, 0.3) is 0 Å². The second-order valence-electron chi connectivity index (χ2n) is 5.27. The van der Waals surface area contributed by atoms with Crippen LogP contribution >= 0.6 is 27.5 Å². The molecule has 0 bridgehead atoms. The highest BCUT2D eigenvalue weighted by atomic mass is 79.9.